The van der Waals surface area contributed by atoms with Crippen molar-refractivity contribution in [2.45, 2.75) is 31.7 Å². The summed E-state index contributed by atoms with van der Waals surface area (Å²) < 4.78 is 5.39. The van der Waals surface area contributed by atoms with Crippen LogP contribution in [0.2, 0.25) is 0 Å². The van der Waals surface area contributed by atoms with E-state index in [1.807, 2.05) is 18.2 Å². The number of para-hydroxylation sites is 1. The van der Waals surface area contributed by atoms with Crippen molar-refractivity contribution in [1.82, 2.24) is 25.5 Å². The second-order valence-electron chi connectivity index (χ2n) is 9.50. The number of benzene rings is 1. The van der Waals surface area contributed by atoms with E-state index in [9.17, 15) is 0 Å². The molecule has 2 fully saturated rings. The average molecular weight is 511 g/mol. The smallest absolute Gasteiger partial charge is 0.225 e. The molecule has 3 heterocycles. The number of nitrogens with one attached hydrogen (secondary N) is 4. The number of nitrogens with zero attached hydrogens (tertiary/aromatic N) is 5. The highest BCUT2D eigenvalue weighted by atomic mass is 16.5. The van der Waals surface area contributed by atoms with E-state index in [2.05, 4.69) is 47.3 Å². The maximum atomic E-state index is 5.61. The highest BCUT2D eigenvalue weighted by molar-refractivity contribution is 6.32. The van der Waals surface area contributed by atoms with E-state index in [0.29, 0.717) is 24.2 Å². The molecular formula is C26H42N10O. The van der Waals surface area contributed by atoms with E-state index in [4.69, 9.17) is 15.6 Å². The van der Waals surface area contributed by atoms with Gasteiger partial charge in [0.25, 0.3) is 0 Å². The third kappa shape index (κ3) is 9.19. The van der Waals surface area contributed by atoms with Crippen LogP contribution in [0.4, 0.5) is 11.8 Å². The number of rotatable bonds is 14. The van der Waals surface area contributed by atoms with Gasteiger partial charge in [0.1, 0.15) is 5.82 Å². The van der Waals surface area contributed by atoms with Crippen molar-refractivity contribution in [2.24, 2.45) is 15.9 Å². The molecule has 0 bridgehead atoms. The van der Waals surface area contributed by atoms with Crippen LogP contribution in [0.5, 0.6) is 0 Å². The van der Waals surface area contributed by atoms with Gasteiger partial charge in [-0.15, -0.1) is 0 Å². The zero-order valence-electron chi connectivity index (χ0n) is 21.8. The Morgan fingerprint density at radius 1 is 1.14 bits per heavy atom. The van der Waals surface area contributed by atoms with Crippen molar-refractivity contribution < 1.29 is 4.74 Å². The summed E-state index contributed by atoms with van der Waals surface area (Å²) in [6.07, 6.45) is 6.02. The third-order valence-corrected chi connectivity index (χ3v) is 6.69. The molecule has 11 heteroatoms. The molecule has 0 spiro atoms. The largest absolute Gasteiger partial charge is 0.379 e. The SMILES string of the molecule is NN=C(C=NCCCNCCCN1CCOCC1)CNc1nc(NC2CCNCC2)c2ccccc2n1. The Hall–Kier alpha value is -2.86. The van der Waals surface area contributed by atoms with Crippen LogP contribution >= 0.6 is 0 Å². The van der Waals surface area contributed by atoms with Crippen molar-refractivity contribution in [3.05, 3.63) is 24.3 Å². The summed E-state index contributed by atoms with van der Waals surface area (Å²) >= 11 is 0. The molecule has 0 atom stereocenters. The first-order valence-electron chi connectivity index (χ1n) is 13.6. The van der Waals surface area contributed by atoms with E-state index >= 15 is 0 Å². The fraction of sp³-hybridized carbons (Fsp3) is 0.615. The van der Waals surface area contributed by atoms with Crippen LogP contribution < -0.4 is 27.1 Å². The quantitative estimate of drug-likeness (QED) is 0.110. The van der Waals surface area contributed by atoms with Gasteiger partial charge >= 0.3 is 0 Å². The summed E-state index contributed by atoms with van der Waals surface area (Å²) in [4.78, 5) is 16.4. The fourth-order valence-corrected chi connectivity index (χ4v) is 4.56. The van der Waals surface area contributed by atoms with E-state index in [1.54, 1.807) is 6.21 Å². The van der Waals surface area contributed by atoms with Gasteiger partial charge in [-0.2, -0.15) is 10.1 Å². The molecule has 0 radical (unpaired) electrons. The first-order chi connectivity index (χ1) is 18.3. The lowest BCUT2D eigenvalue weighted by Gasteiger charge is -2.26. The number of hydrogen-bond acceptors (Lipinski definition) is 11. The van der Waals surface area contributed by atoms with Crippen LogP contribution in [-0.2, 0) is 4.74 Å². The van der Waals surface area contributed by atoms with Gasteiger partial charge in [-0.05, 0) is 70.5 Å². The van der Waals surface area contributed by atoms with Crippen molar-refractivity contribution >= 4 is 34.6 Å². The molecule has 0 aliphatic carbocycles. The number of anilines is 2. The number of hydrazone groups is 1. The van der Waals surface area contributed by atoms with E-state index in [1.165, 1.54) is 0 Å². The van der Waals surface area contributed by atoms with Crippen molar-refractivity contribution in [3.63, 3.8) is 0 Å². The molecule has 11 nitrogen and oxygen atoms in total. The topological polar surface area (TPSA) is 137 Å². The maximum absolute atomic E-state index is 5.61. The Balaban J connectivity index is 1.18. The minimum atomic E-state index is 0.403. The zero-order valence-corrected chi connectivity index (χ0v) is 21.8. The number of morpholine rings is 1. The van der Waals surface area contributed by atoms with Crippen LogP contribution in [0.15, 0.2) is 34.4 Å². The number of ether oxygens (including phenoxy) is 1. The Bertz CT molecular complexity index is 1000. The number of hydrogen-bond donors (Lipinski definition) is 5. The first-order valence-corrected chi connectivity index (χ1v) is 13.6. The van der Waals surface area contributed by atoms with Crippen LogP contribution in [0.3, 0.4) is 0 Å². The number of piperidine rings is 1. The second-order valence-corrected chi connectivity index (χ2v) is 9.50. The number of aliphatic imine (C=N–C) groups is 1. The molecule has 0 unspecified atom stereocenters. The van der Waals surface area contributed by atoms with Crippen molar-refractivity contribution in [1.29, 1.82) is 0 Å². The molecule has 4 rings (SSSR count). The monoisotopic (exact) mass is 510 g/mol. The van der Waals surface area contributed by atoms with Gasteiger partial charge in [-0.3, -0.25) is 9.89 Å². The van der Waals surface area contributed by atoms with Crippen molar-refractivity contribution in [3.8, 4) is 0 Å². The molecule has 37 heavy (non-hydrogen) atoms. The predicted molar refractivity (Wildman–Crippen MR) is 152 cm³/mol. The molecule has 0 amide bonds. The Kier molecular flexibility index (Phi) is 11.3. The maximum Gasteiger partial charge on any atom is 0.225 e. The summed E-state index contributed by atoms with van der Waals surface area (Å²) in [5.74, 6) is 7.02. The molecular weight excluding hydrogens is 468 g/mol. The summed E-state index contributed by atoms with van der Waals surface area (Å²) in [6.45, 7) is 10.1. The van der Waals surface area contributed by atoms with Gasteiger partial charge in [0.2, 0.25) is 5.95 Å². The highest BCUT2D eigenvalue weighted by Crippen LogP contribution is 2.23. The molecule has 202 valence electrons. The van der Waals surface area contributed by atoms with Crippen LogP contribution in [0, 0.1) is 0 Å². The average Bonchev–Trinajstić information content (AvgIpc) is 2.95. The first kappa shape index (κ1) is 27.2. The Morgan fingerprint density at radius 3 is 2.78 bits per heavy atom. The van der Waals surface area contributed by atoms with E-state index < -0.39 is 0 Å². The summed E-state index contributed by atoms with van der Waals surface area (Å²) in [5.41, 5.74) is 1.55. The van der Waals surface area contributed by atoms with Gasteiger partial charge < -0.3 is 31.8 Å². The molecule has 2 aromatic rings. The number of fused-ring (bicyclic) bond motifs is 1. The van der Waals surface area contributed by atoms with Crippen LogP contribution in [0.1, 0.15) is 25.7 Å². The lowest BCUT2D eigenvalue weighted by atomic mass is 10.1. The van der Waals surface area contributed by atoms with Crippen LogP contribution in [-0.4, -0.2) is 105 Å². The minimum absolute atomic E-state index is 0.403. The molecule has 1 aromatic carbocycles. The Morgan fingerprint density at radius 2 is 1.95 bits per heavy atom. The lowest BCUT2D eigenvalue weighted by Crippen LogP contribution is -2.37. The van der Waals surface area contributed by atoms with Crippen LogP contribution in [0.25, 0.3) is 10.9 Å². The molecule has 2 aliphatic heterocycles. The summed E-state index contributed by atoms with van der Waals surface area (Å²) in [7, 11) is 0. The Labute approximate surface area is 219 Å². The van der Waals surface area contributed by atoms with Gasteiger partial charge in [0.15, 0.2) is 0 Å². The summed E-state index contributed by atoms with van der Waals surface area (Å²) in [6, 6.07) is 8.47. The van der Waals surface area contributed by atoms with Gasteiger partial charge in [0.05, 0.1) is 31.0 Å². The van der Waals surface area contributed by atoms with E-state index in [0.717, 1.165) is 108 Å². The van der Waals surface area contributed by atoms with Crippen molar-refractivity contribution in [2.75, 3.05) is 82.8 Å². The highest BCUT2D eigenvalue weighted by Gasteiger charge is 2.16. The van der Waals surface area contributed by atoms with E-state index in [-0.39, 0.29) is 0 Å². The standard InChI is InChI=1S/C26H42N10O/c27-35-22(19-30-10-3-9-28-11-4-14-36-15-17-37-18-16-36)20-31-26-33-24-6-2-1-5-23(24)25(34-26)32-21-7-12-29-13-8-21/h1-2,5-6,19,21,28-29H,3-4,7-18,20,27H2,(H2,31,32,33,34). The normalized spacial score (nSPS) is 18.0. The fourth-order valence-electron chi connectivity index (χ4n) is 4.56. The van der Waals surface area contributed by atoms with Gasteiger partial charge in [0, 0.05) is 37.3 Å². The molecule has 2 saturated heterocycles. The lowest BCUT2D eigenvalue weighted by molar-refractivity contribution is 0.0374. The zero-order chi connectivity index (χ0) is 25.5. The molecule has 0 saturated carbocycles. The third-order valence-electron chi connectivity index (χ3n) is 6.69. The molecule has 2 aliphatic rings. The van der Waals surface area contributed by atoms with Gasteiger partial charge in [-0.1, -0.05) is 12.1 Å². The van der Waals surface area contributed by atoms with Gasteiger partial charge in [-0.25, -0.2) is 4.98 Å². The number of nitrogens with two attached hydrogens (primary N) is 1. The molecule has 6 N–H and O–H groups in total. The molecule has 1 aromatic heterocycles. The summed E-state index contributed by atoms with van der Waals surface area (Å²) in [5, 5.41) is 18.7. The minimum Gasteiger partial charge on any atom is -0.379 e. The predicted octanol–water partition coefficient (Wildman–Crippen LogP) is 1.29. The number of aromatic nitrogens is 2. The second kappa shape index (κ2) is 15.4.